The highest BCUT2D eigenvalue weighted by Gasteiger charge is 2.15. The lowest BCUT2D eigenvalue weighted by atomic mass is 10.0. The molecule has 0 spiro atoms. The molecule has 3 aromatic rings. The van der Waals surface area contributed by atoms with Crippen LogP contribution in [0.4, 0.5) is 0 Å². The highest BCUT2D eigenvalue weighted by atomic mass is 79.9. The highest BCUT2D eigenvalue weighted by Crippen LogP contribution is 2.31. The van der Waals surface area contributed by atoms with E-state index in [1.165, 1.54) is 0 Å². The molecule has 0 aliphatic rings. The number of fused-ring (bicyclic) bond motifs is 1. The predicted molar refractivity (Wildman–Crippen MR) is 124 cm³/mol. The Labute approximate surface area is 185 Å². The average Bonchev–Trinajstić information content (AvgIpc) is 2.77. The number of carbonyl (C=O) groups is 1. The van der Waals surface area contributed by atoms with Gasteiger partial charge in [-0.05, 0) is 54.0 Å². The number of halogens is 1. The molecule has 0 saturated carbocycles. The summed E-state index contributed by atoms with van der Waals surface area (Å²) in [4.78, 5) is 12.6. The second-order valence-corrected chi connectivity index (χ2v) is 7.98. The Morgan fingerprint density at radius 1 is 1.17 bits per heavy atom. The summed E-state index contributed by atoms with van der Waals surface area (Å²) in [7, 11) is 0. The maximum absolute atomic E-state index is 12.6. The zero-order valence-electron chi connectivity index (χ0n) is 17.0. The maximum atomic E-state index is 12.6. The molecule has 152 valence electrons. The number of carbonyl (C=O) groups excluding carboxylic acids is 1. The minimum atomic E-state index is -0.376. The number of amides is 1. The molecule has 5 heteroatoms. The van der Waals surface area contributed by atoms with Gasteiger partial charge in [0.2, 0.25) is 0 Å². The van der Waals surface area contributed by atoms with Gasteiger partial charge in [-0.15, -0.1) is 0 Å². The monoisotopic (exact) mass is 462 g/mol. The molecule has 0 heterocycles. The fraction of sp³-hybridized carbons (Fsp3) is 0.200. The molecule has 0 fully saturated rings. The lowest BCUT2D eigenvalue weighted by Gasteiger charge is -2.14. The van der Waals surface area contributed by atoms with Gasteiger partial charge in [-0.2, -0.15) is 5.26 Å². The number of nitrogens with one attached hydrogen (secondary N) is 1. The Hall–Kier alpha value is -3.10. The van der Waals surface area contributed by atoms with E-state index < -0.39 is 0 Å². The van der Waals surface area contributed by atoms with Crippen LogP contribution in [0.15, 0.2) is 70.7 Å². The molecule has 0 saturated heterocycles. The standard InChI is InChI=1S/C25H23BrN2O2/c1-3-17(2)28-25(29)20(15-27)14-23-22-7-5-4-6-19(22)10-13-24(23)30-16-18-8-11-21(26)12-9-18/h4-14,17H,3,16H2,1-2H3,(H,28,29)/b20-14+/t17-/m0/s1. The van der Waals surface area contributed by atoms with Gasteiger partial charge >= 0.3 is 0 Å². The summed E-state index contributed by atoms with van der Waals surface area (Å²) in [6.07, 6.45) is 2.41. The summed E-state index contributed by atoms with van der Waals surface area (Å²) in [5, 5.41) is 14.4. The fourth-order valence-corrected chi connectivity index (χ4v) is 3.25. The van der Waals surface area contributed by atoms with Gasteiger partial charge in [0.1, 0.15) is 24.0 Å². The minimum absolute atomic E-state index is 0.00473. The van der Waals surface area contributed by atoms with Crippen LogP contribution in [-0.2, 0) is 11.4 Å². The third-order valence-electron chi connectivity index (χ3n) is 4.88. The second-order valence-electron chi connectivity index (χ2n) is 7.07. The van der Waals surface area contributed by atoms with Crippen molar-refractivity contribution in [3.8, 4) is 11.8 Å². The van der Waals surface area contributed by atoms with Gasteiger partial charge in [0.05, 0.1) is 0 Å². The van der Waals surface area contributed by atoms with Crippen molar-refractivity contribution in [2.24, 2.45) is 0 Å². The summed E-state index contributed by atoms with van der Waals surface area (Å²) in [6.45, 7) is 4.28. The van der Waals surface area contributed by atoms with Crippen LogP contribution in [0.3, 0.4) is 0 Å². The molecule has 0 aliphatic heterocycles. The number of hydrogen-bond acceptors (Lipinski definition) is 3. The summed E-state index contributed by atoms with van der Waals surface area (Å²) < 4.78 is 7.10. The summed E-state index contributed by atoms with van der Waals surface area (Å²) in [5.41, 5.74) is 1.80. The quantitative estimate of drug-likeness (QED) is 0.345. The number of ether oxygens (including phenoxy) is 1. The molecule has 0 bridgehead atoms. The van der Waals surface area contributed by atoms with E-state index in [4.69, 9.17) is 4.74 Å². The molecule has 3 aromatic carbocycles. The van der Waals surface area contributed by atoms with E-state index >= 15 is 0 Å². The summed E-state index contributed by atoms with van der Waals surface area (Å²) in [5.74, 6) is 0.249. The van der Waals surface area contributed by atoms with Crippen LogP contribution < -0.4 is 10.1 Å². The molecular formula is C25H23BrN2O2. The van der Waals surface area contributed by atoms with Crippen molar-refractivity contribution in [3.05, 3.63) is 81.8 Å². The summed E-state index contributed by atoms with van der Waals surface area (Å²) in [6, 6.07) is 21.7. The molecule has 4 nitrogen and oxygen atoms in total. The Morgan fingerprint density at radius 3 is 2.60 bits per heavy atom. The van der Waals surface area contributed by atoms with E-state index in [0.29, 0.717) is 12.4 Å². The number of benzene rings is 3. The van der Waals surface area contributed by atoms with Crippen molar-refractivity contribution in [2.45, 2.75) is 32.9 Å². The smallest absolute Gasteiger partial charge is 0.262 e. The molecular weight excluding hydrogens is 440 g/mol. The van der Waals surface area contributed by atoms with E-state index in [0.717, 1.165) is 32.8 Å². The molecule has 1 amide bonds. The van der Waals surface area contributed by atoms with Crippen LogP contribution in [0, 0.1) is 11.3 Å². The molecule has 1 N–H and O–H groups in total. The Bertz CT molecular complexity index is 1110. The van der Waals surface area contributed by atoms with E-state index in [9.17, 15) is 10.1 Å². The number of rotatable bonds is 7. The van der Waals surface area contributed by atoms with Gasteiger partial charge in [-0.25, -0.2) is 0 Å². The van der Waals surface area contributed by atoms with E-state index in [1.54, 1.807) is 6.08 Å². The number of hydrogen-bond donors (Lipinski definition) is 1. The van der Waals surface area contributed by atoms with Gasteiger partial charge in [0, 0.05) is 16.1 Å². The van der Waals surface area contributed by atoms with Crippen molar-refractivity contribution in [2.75, 3.05) is 0 Å². The Kier molecular flexibility index (Phi) is 7.26. The van der Waals surface area contributed by atoms with Crippen molar-refractivity contribution in [1.82, 2.24) is 5.32 Å². The van der Waals surface area contributed by atoms with Crippen LogP contribution in [0.1, 0.15) is 31.4 Å². The van der Waals surface area contributed by atoms with Crippen LogP contribution in [0.2, 0.25) is 0 Å². The number of nitriles is 1. The SMILES string of the molecule is CC[C@H](C)NC(=O)/C(C#N)=C/c1c(OCc2ccc(Br)cc2)ccc2ccccc12. The van der Waals surface area contributed by atoms with Gasteiger partial charge in [0.15, 0.2) is 0 Å². The lowest BCUT2D eigenvalue weighted by Crippen LogP contribution is -2.32. The molecule has 30 heavy (non-hydrogen) atoms. The van der Waals surface area contributed by atoms with E-state index in [-0.39, 0.29) is 17.5 Å². The zero-order chi connectivity index (χ0) is 21.5. The number of nitrogens with zero attached hydrogens (tertiary/aromatic N) is 1. The first kappa shape index (κ1) is 21.6. The van der Waals surface area contributed by atoms with Crippen molar-refractivity contribution in [3.63, 3.8) is 0 Å². The second kappa shape index (κ2) is 10.1. The average molecular weight is 463 g/mol. The zero-order valence-corrected chi connectivity index (χ0v) is 18.6. The molecule has 1 atom stereocenters. The van der Waals surface area contributed by atoms with E-state index in [1.807, 2.05) is 80.6 Å². The topological polar surface area (TPSA) is 62.1 Å². The van der Waals surface area contributed by atoms with Crippen LogP contribution in [0.25, 0.3) is 16.8 Å². The molecule has 0 radical (unpaired) electrons. The first-order valence-corrected chi connectivity index (χ1v) is 10.6. The van der Waals surface area contributed by atoms with Gasteiger partial charge in [-0.3, -0.25) is 4.79 Å². The first-order chi connectivity index (χ1) is 14.5. The van der Waals surface area contributed by atoms with Crippen LogP contribution in [0.5, 0.6) is 5.75 Å². The lowest BCUT2D eigenvalue weighted by molar-refractivity contribution is -0.117. The van der Waals surface area contributed by atoms with Crippen molar-refractivity contribution < 1.29 is 9.53 Å². The van der Waals surface area contributed by atoms with Crippen LogP contribution >= 0.6 is 15.9 Å². The minimum Gasteiger partial charge on any atom is -0.488 e. The third kappa shape index (κ3) is 5.28. The molecule has 3 rings (SSSR count). The van der Waals surface area contributed by atoms with Crippen LogP contribution in [-0.4, -0.2) is 11.9 Å². The predicted octanol–water partition coefficient (Wildman–Crippen LogP) is 6.00. The normalized spacial score (nSPS) is 12.3. The van der Waals surface area contributed by atoms with Gasteiger partial charge in [0.25, 0.3) is 5.91 Å². The van der Waals surface area contributed by atoms with Gasteiger partial charge < -0.3 is 10.1 Å². The molecule has 0 aliphatic carbocycles. The fourth-order valence-electron chi connectivity index (χ4n) is 2.99. The highest BCUT2D eigenvalue weighted by molar-refractivity contribution is 9.10. The van der Waals surface area contributed by atoms with Crippen molar-refractivity contribution in [1.29, 1.82) is 5.26 Å². The van der Waals surface area contributed by atoms with E-state index in [2.05, 4.69) is 21.2 Å². The maximum Gasteiger partial charge on any atom is 0.262 e. The van der Waals surface area contributed by atoms with Gasteiger partial charge in [-0.1, -0.05) is 65.3 Å². The molecule has 0 aromatic heterocycles. The Balaban J connectivity index is 1.99. The third-order valence-corrected chi connectivity index (χ3v) is 5.41. The molecule has 0 unspecified atom stereocenters. The summed E-state index contributed by atoms with van der Waals surface area (Å²) >= 11 is 3.43. The largest absolute Gasteiger partial charge is 0.488 e. The Morgan fingerprint density at radius 2 is 1.90 bits per heavy atom. The first-order valence-electron chi connectivity index (χ1n) is 9.83. The van der Waals surface area contributed by atoms with Crippen molar-refractivity contribution >= 4 is 38.7 Å².